The van der Waals surface area contributed by atoms with E-state index in [1.807, 2.05) is 12.1 Å². The van der Waals surface area contributed by atoms with E-state index in [0.717, 1.165) is 18.6 Å². The van der Waals surface area contributed by atoms with Gasteiger partial charge in [-0.3, -0.25) is 4.79 Å². The summed E-state index contributed by atoms with van der Waals surface area (Å²) < 4.78 is 5.25. The van der Waals surface area contributed by atoms with E-state index in [-0.39, 0.29) is 11.3 Å². The first-order valence-electron chi connectivity index (χ1n) is 8.60. The van der Waals surface area contributed by atoms with Crippen molar-refractivity contribution in [2.24, 2.45) is 0 Å². The molecule has 1 fully saturated rings. The smallest absolute Gasteiger partial charge is 0.251 e. The summed E-state index contributed by atoms with van der Waals surface area (Å²) in [5.74, 6) is 0.714. The van der Waals surface area contributed by atoms with Gasteiger partial charge in [0.1, 0.15) is 5.75 Å². The van der Waals surface area contributed by atoms with Crippen LogP contribution in [0.3, 0.4) is 0 Å². The van der Waals surface area contributed by atoms with Crippen LogP contribution >= 0.6 is 0 Å². The Bertz CT molecular complexity index is 784. The molecule has 1 aliphatic carbocycles. The molecule has 3 rings (SSSR count). The number of nitrogens with one attached hydrogen (secondary N) is 1. The van der Waals surface area contributed by atoms with Gasteiger partial charge in [0.05, 0.1) is 18.7 Å². The molecule has 0 heterocycles. The lowest BCUT2D eigenvalue weighted by molar-refractivity contribution is 0.0943. The Labute approximate surface area is 148 Å². The number of ether oxygens (including phenoxy) is 1. The van der Waals surface area contributed by atoms with E-state index in [1.165, 1.54) is 18.4 Å². The van der Waals surface area contributed by atoms with Crippen LogP contribution < -0.4 is 10.1 Å². The third kappa shape index (κ3) is 3.66. The Morgan fingerprint density at radius 2 is 1.92 bits per heavy atom. The number of amides is 1. The zero-order chi connectivity index (χ0) is 17.7. The molecule has 0 aromatic heterocycles. The van der Waals surface area contributed by atoms with Crippen LogP contribution in [0.5, 0.6) is 5.75 Å². The minimum absolute atomic E-state index is 0.0191. The summed E-state index contributed by atoms with van der Waals surface area (Å²) in [7, 11) is 1.66. The SMILES string of the molecule is COc1ccc(C2(CNC(=O)c3cccc(C#N)c3)CCCC2)cc1. The highest BCUT2D eigenvalue weighted by Gasteiger charge is 2.36. The fraction of sp³-hybridized carbons (Fsp3) is 0.333. The van der Waals surface area contributed by atoms with Crippen LogP contribution in [-0.4, -0.2) is 19.6 Å². The van der Waals surface area contributed by atoms with E-state index in [4.69, 9.17) is 10.00 Å². The quantitative estimate of drug-likeness (QED) is 0.904. The van der Waals surface area contributed by atoms with E-state index in [0.29, 0.717) is 17.7 Å². The van der Waals surface area contributed by atoms with E-state index >= 15 is 0 Å². The molecule has 0 saturated heterocycles. The Hall–Kier alpha value is -2.80. The molecule has 128 valence electrons. The minimum atomic E-state index is -0.128. The first-order valence-corrected chi connectivity index (χ1v) is 8.60. The molecule has 1 saturated carbocycles. The van der Waals surface area contributed by atoms with Gasteiger partial charge in [-0.25, -0.2) is 0 Å². The van der Waals surface area contributed by atoms with Crippen molar-refractivity contribution in [1.29, 1.82) is 5.26 Å². The molecule has 1 N–H and O–H groups in total. The second-order valence-electron chi connectivity index (χ2n) is 6.59. The van der Waals surface area contributed by atoms with Gasteiger partial charge in [-0.05, 0) is 48.7 Å². The third-order valence-corrected chi connectivity index (χ3v) is 5.10. The monoisotopic (exact) mass is 334 g/mol. The molecule has 25 heavy (non-hydrogen) atoms. The summed E-state index contributed by atoms with van der Waals surface area (Å²) in [6.07, 6.45) is 4.48. The molecular weight excluding hydrogens is 312 g/mol. The largest absolute Gasteiger partial charge is 0.497 e. The van der Waals surface area contributed by atoms with Gasteiger partial charge >= 0.3 is 0 Å². The summed E-state index contributed by atoms with van der Waals surface area (Å²) in [5, 5.41) is 12.1. The molecule has 0 bridgehead atoms. The summed E-state index contributed by atoms with van der Waals surface area (Å²) in [5.41, 5.74) is 2.26. The Morgan fingerprint density at radius 3 is 2.56 bits per heavy atom. The van der Waals surface area contributed by atoms with Crippen LogP contribution in [0, 0.1) is 11.3 Å². The van der Waals surface area contributed by atoms with Gasteiger partial charge in [-0.2, -0.15) is 5.26 Å². The highest BCUT2D eigenvalue weighted by atomic mass is 16.5. The zero-order valence-corrected chi connectivity index (χ0v) is 14.4. The highest BCUT2D eigenvalue weighted by molar-refractivity contribution is 5.94. The highest BCUT2D eigenvalue weighted by Crippen LogP contribution is 2.41. The third-order valence-electron chi connectivity index (χ3n) is 5.10. The molecular formula is C21H22N2O2. The van der Waals surface area contributed by atoms with Crippen molar-refractivity contribution in [3.63, 3.8) is 0 Å². The second-order valence-corrected chi connectivity index (χ2v) is 6.59. The molecule has 1 aliphatic rings. The average molecular weight is 334 g/mol. The average Bonchev–Trinajstić information content (AvgIpc) is 3.16. The fourth-order valence-corrected chi connectivity index (χ4v) is 3.65. The number of rotatable bonds is 5. The van der Waals surface area contributed by atoms with Gasteiger partial charge in [-0.15, -0.1) is 0 Å². The molecule has 0 unspecified atom stereocenters. The predicted molar refractivity (Wildman–Crippen MR) is 96.6 cm³/mol. The van der Waals surface area contributed by atoms with E-state index in [1.54, 1.807) is 31.4 Å². The number of nitriles is 1. The van der Waals surface area contributed by atoms with Gasteiger partial charge in [0.15, 0.2) is 0 Å². The number of nitrogens with zero attached hydrogens (tertiary/aromatic N) is 1. The molecule has 2 aromatic rings. The van der Waals surface area contributed by atoms with Crippen LogP contribution in [-0.2, 0) is 5.41 Å². The first-order chi connectivity index (χ1) is 12.2. The predicted octanol–water partition coefficient (Wildman–Crippen LogP) is 3.81. The van der Waals surface area contributed by atoms with Crippen LogP contribution in [0.25, 0.3) is 0 Å². The molecule has 0 radical (unpaired) electrons. The summed E-state index contributed by atoms with van der Waals surface area (Å²) in [4.78, 5) is 12.5. The van der Waals surface area contributed by atoms with E-state index in [2.05, 4.69) is 23.5 Å². The lowest BCUT2D eigenvalue weighted by Crippen LogP contribution is -2.39. The zero-order valence-electron chi connectivity index (χ0n) is 14.4. The second kappa shape index (κ2) is 7.40. The molecule has 4 nitrogen and oxygen atoms in total. The van der Waals surface area contributed by atoms with Gasteiger partial charge in [-0.1, -0.05) is 31.0 Å². The lowest BCUT2D eigenvalue weighted by Gasteiger charge is -2.30. The maximum Gasteiger partial charge on any atom is 0.251 e. The molecule has 0 aliphatic heterocycles. The number of carbonyl (C=O) groups excluding carboxylic acids is 1. The minimum Gasteiger partial charge on any atom is -0.497 e. The standard InChI is InChI=1S/C21H22N2O2/c1-25-19-9-7-18(8-10-19)21(11-2-3-12-21)15-23-20(24)17-6-4-5-16(13-17)14-22/h4-10,13H,2-3,11-12,15H2,1H3,(H,23,24). The van der Waals surface area contributed by atoms with Crippen LogP contribution in [0.4, 0.5) is 0 Å². The van der Waals surface area contributed by atoms with Gasteiger partial charge in [0.25, 0.3) is 5.91 Å². The van der Waals surface area contributed by atoms with Crippen molar-refractivity contribution in [1.82, 2.24) is 5.32 Å². The molecule has 4 heteroatoms. The van der Waals surface area contributed by atoms with Crippen molar-refractivity contribution in [2.75, 3.05) is 13.7 Å². The van der Waals surface area contributed by atoms with Gasteiger partial charge in [0.2, 0.25) is 0 Å². The van der Waals surface area contributed by atoms with E-state index < -0.39 is 0 Å². The van der Waals surface area contributed by atoms with Crippen LogP contribution in [0.1, 0.15) is 47.2 Å². The van der Waals surface area contributed by atoms with E-state index in [9.17, 15) is 4.79 Å². The fourth-order valence-electron chi connectivity index (χ4n) is 3.65. The molecule has 0 atom stereocenters. The van der Waals surface area contributed by atoms with Crippen LogP contribution in [0.2, 0.25) is 0 Å². The molecule has 1 amide bonds. The lowest BCUT2D eigenvalue weighted by atomic mass is 9.78. The van der Waals surface area contributed by atoms with Gasteiger partial charge in [0, 0.05) is 17.5 Å². The summed E-state index contributed by atoms with van der Waals surface area (Å²) in [6, 6.07) is 17.0. The Balaban J connectivity index is 1.75. The Morgan fingerprint density at radius 1 is 1.20 bits per heavy atom. The van der Waals surface area contributed by atoms with Crippen molar-refractivity contribution in [3.05, 3.63) is 65.2 Å². The number of methoxy groups -OCH3 is 1. The van der Waals surface area contributed by atoms with Crippen LogP contribution in [0.15, 0.2) is 48.5 Å². The number of hydrogen-bond acceptors (Lipinski definition) is 3. The topological polar surface area (TPSA) is 62.1 Å². The maximum absolute atomic E-state index is 12.5. The first kappa shape index (κ1) is 17.0. The van der Waals surface area contributed by atoms with Crippen molar-refractivity contribution in [2.45, 2.75) is 31.1 Å². The summed E-state index contributed by atoms with van der Waals surface area (Å²) in [6.45, 7) is 0.606. The van der Waals surface area contributed by atoms with Crippen molar-refractivity contribution >= 4 is 5.91 Å². The number of hydrogen-bond donors (Lipinski definition) is 1. The van der Waals surface area contributed by atoms with Crippen molar-refractivity contribution in [3.8, 4) is 11.8 Å². The van der Waals surface area contributed by atoms with Crippen molar-refractivity contribution < 1.29 is 9.53 Å². The van der Waals surface area contributed by atoms with Gasteiger partial charge < -0.3 is 10.1 Å². The number of benzene rings is 2. The molecule has 0 spiro atoms. The normalized spacial score (nSPS) is 15.4. The maximum atomic E-state index is 12.5. The summed E-state index contributed by atoms with van der Waals surface area (Å²) >= 11 is 0. The molecule has 2 aromatic carbocycles. The Kier molecular flexibility index (Phi) is 5.04. The number of carbonyl (C=O) groups is 1.